The van der Waals surface area contributed by atoms with Crippen LogP contribution in [-0.4, -0.2) is 23.8 Å². The van der Waals surface area contributed by atoms with Crippen molar-refractivity contribution in [3.63, 3.8) is 0 Å². The fourth-order valence-corrected chi connectivity index (χ4v) is 2.16. The van der Waals surface area contributed by atoms with Crippen molar-refractivity contribution >= 4 is 0 Å². The molecule has 2 heteroatoms. The highest BCUT2D eigenvalue weighted by Crippen LogP contribution is 2.21. The van der Waals surface area contributed by atoms with Crippen LogP contribution in [-0.2, 0) is 6.42 Å². The molecule has 0 bridgehead atoms. The van der Waals surface area contributed by atoms with E-state index in [4.69, 9.17) is 0 Å². The van der Waals surface area contributed by atoms with Crippen molar-refractivity contribution in [1.29, 1.82) is 0 Å². The Bertz CT molecular complexity index is 278. The molecular formula is C12H18NO+. The van der Waals surface area contributed by atoms with Crippen molar-refractivity contribution in [1.82, 2.24) is 0 Å². The molecule has 1 aromatic rings. The largest absolute Gasteiger partial charge is 0.389 e. The third-order valence-corrected chi connectivity index (χ3v) is 3.00. The Morgan fingerprint density at radius 3 is 2.43 bits per heavy atom. The molecule has 0 aromatic heterocycles. The predicted molar refractivity (Wildman–Crippen MR) is 56.0 cm³/mol. The zero-order valence-corrected chi connectivity index (χ0v) is 8.45. The van der Waals surface area contributed by atoms with Gasteiger partial charge in [-0.15, -0.1) is 0 Å². The van der Waals surface area contributed by atoms with E-state index in [1.54, 1.807) is 0 Å². The lowest BCUT2D eigenvalue weighted by Crippen LogP contribution is -2.88. The van der Waals surface area contributed by atoms with Crippen molar-refractivity contribution in [3.8, 4) is 0 Å². The third kappa shape index (κ3) is 2.34. The maximum Gasteiger partial charge on any atom is 0.0794 e. The molecule has 14 heavy (non-hydrogen) atoms. The summed E-state index contributed by atoms with van der Waals surface area (Å²) < 4.78 is 0. The molecule has 2 nitrogen and oxygen atoms in total. The lowest BCUT2D eigenvalue weighted by Gasteiger charge is -2.30. The molecule has 0 atom stereocenters. The van der Waals surface area contributed by atoms with Gasteiger partial charge in [0.25, 0.3) is 0 Å². The molecule has 0 unspecified atom stereocenters. The number of hydrogen-bond donors (Lipinski definition) is 2. The van der Waals surface area contributed by atoms with Crippen molar-refractivity contribution < 1.29 is 10.4 Å². The van der Waals surface area contributed by atoms with Gasteiger partial charge in [0, 0.05) is 19.3 Å². The summed E-state index contributed by atoms with van der Waals surface area (Å²) in [6.07, 6.45) is 2.64. The minimum atomic E-state index is -0.448. The highest BCUT2D eigenvalue weighted by atomic mass is 16.3. The van der Waals surface area contributed by atoms with Crippen molar-refractivity contribution in [2.24, 2.45) is 0 Å². The molecule has 1 fully saturated rings. The molecule has 1 saturated heterocycles. The van der Waals surface area contributed by atoms with E-state index >= 15 is 0 Å². The van der Waals surface area contributed by atoms with Crippen LogP contribution in [0, 0.1) is 0 Å². The zero-order valence-electron chi connectivity index (χ0n) is 8.45. The Balaban J connectivity index is 2.02. The van der Waals surface area contributed by atoms with Gasteiger partial charge in [-0.05, 0) is 5.56 Å². The second kappa shape index (κ2) is 4.11. The summed E-state index contributed by atoms with van der Waals surface area (Å²) in [5, 5.41) is 12.6. The molecule has 0 saturated carbocycles. The van der Waals surface area contributed by atoms with E-state index in [1.807, 2.05) is 18.2 Å². The summed E-state index contributed by atoms with van der Waals surface area (Å²) in [7, 11) is 0. The number of hydrogen-bond acceptors (Lipinski definition) is 1. The minimum Gasteiger partial charge on any atom is -0.389 e. The van der Waals surface area contributed by atoms with E-state index in [-0.39, 0.29) is 0 Å². The molecule has 0 aliphatic carbocycles. The fourth-order valence-electron chi connectivity index (χ4n) is 2.16. The summed E-state index contributed by atoms with van der Waals surface area (Å²) in [4.78, 5) is 0. The number of benzene rings is 1. The molecule has 1 aliphatic rings. The Labute approximate surface area is 85.0 Å². The van der Waals surface area contributed by atoms with Gasteiger partial charge in [-0.1, -0.05) is 30.3 Å². The van der Waals surface area contributed by atoms with Crippen molar-refractivity contribution in [2.75, 3.05) is 13.1 Å². The van der Waals surface area contributed by atoms with E-state index in [9.17, 15) is 5.11 Å². The van der Waals surface area contributed by atoms with Gasteiger partial charge in [0.15, 0.2) is 0 Å². The zero-order chi connectivity index (χ0) is 9.86. The first-order chi connectivity index (χ1) is 6.79. The van der Waals surface area contributed by atoms with Crippen LogP contribution in [0.15, 0.2) is 30.3 Å². The SMILES string of the molecule is OC1(Cc2ccccc2)CC[NH2+]CC1. The number of nitrogens with two attached hydrogens (primary N) is 1. The summed E-state index contributed by atoms with van der Waals surface area (Å²) in [5.74, 6) is 0. The van der Waals surface area contributed by atoms with Crippen LogP contribution in [0.5, 0.6) is 0 Å². The molecule has 0 amide bonds. The molecule has 1 aliphatic heterocycles. The van der Waals surface area contributed by atoms with E-state index in [2.05, 4.69) is 17.4 Å². The lowest BCUT2D eigenvalue weighted by atomic mass is 9.86. The van der Waals surface area contributed by atoms with E-state index in [0.717, 1.165) is 32.4 Å². The molecule has 0 spiro atoms. The van der Waals surface area contributed by atoms with Gasteiger partial charge in [0.2, 0.25) is 0 Å². The first kappa shape index (κ1) is 9.69. The average molecular weight is 192 g/mol. The maximum atomic E-state index is 10.3. The molecule has 1 aromatic carbocycles. The van der Waals surface area contributed by atoms with Gasteiger partial charge in [0.1, 0.15) is 0 Å². The predicted octanol–water partition coefficient (Wildman–Crippen LogP) is 0.317. The average Bonchev–Trinajstić information content (AvgIpc) is 2.19. The quantitative estimate of drug-likeness (QED) is 0.695. The highest BCUT2D eigenvalue weighted by Gasteiger charge is 2.30. The molecule has 0 radical (unpaired) electrons. The van der Waals surface area contributed by atoms with Gasteiger partial charge in [-0.3, -0.25) is 0 Å². The van der Waals surface area contributed by atoms with Gasteiger partial charge in [-0.25, -0.2) is 0 Å². The van der Waals surface area contributed by atoms with Crippen molar-refractivity contribution in [3.05, 3.63) is 35.9 Å². The van der Waals surface area contributed by atoms with Gasteiger partial charge < -0.3 is 10.4 Å². The molecule has 3 N–H and O–H groups in total. The fraction of sp³-hybridized carbons (Fsp3) is 0.500. The smallest absolute Gasteiger partial charge is 0.0794 e. The number of piperidine rings is 1. The second-order valence-electron chi connectivity index (χ2n) is 4.25. The number of rotatable bonds is 2. The number of quaternary nitrogens is 1. The Kier molecular flexibility index (Phi) is 2.85. The maximum absolute atomic E-state index is 10.3. The van der Waals surface area contributed by atoms with Crippen LogP contribution in [0.3, 0.4) is 0 Å². The molecule has 76 valence electrons. The Hall–Kier alpha value is -0.860. The molecule has 1 heterocycles. The Morgan fingerprint density at radius 2 is 1.79 bits per heavy atom. The topological polar surface area (TPSA) is 36.8 Å². The van der Waals surface area contributed by atoms with Crippen LogP contribution in [0.1, 0.15) is 18.4 Å². The summed E-state index contributed by atoms with van der Waals surface area (Å²) in [6.45, 7) is 2.12. The highest BCUT2D eigenvalue weighted by molar-refractivity contribution is 5.17. The van der Waals surface area contributed by atoms with E-state index in [1.165, 1.54) is 5.56 Å². The van der Waals surface area contributed by atoms with Crippen LogP contribution in [0.2, 0.25) is 0 Å². The standard InChI is InChI=1S/C12H17NO/c14-12(6-8-13-9-7-12)10-11-4-2-1-3-5-11/h1-5,13-14H,6-10H2/p+1. The third-order valence-electron chi connectivity index (χ3n) is 3.00. The van der Waals surface area contributed by atoms with Crippen LogP contribution >= 0.6 is 0 Å². The Morgan fingerprint density at radius 1 is 1.14 bits per heavy atom. The summed E-state index contributed by atoms with van der Waals surface area (Å²) in [6, 6.07) is 10.3. The first-order valence-electron chi connectivity index (χ1n) is 5.37. The summed E-state index contributed by atoms with van der Waals surface area (Å²) in [5.41, 5.74) is 0.799. The van der Waals surface area contributed by atoms with Crippen LogP contribution in [0.4, 0.5) is 0 Å². The molecular weight excluding hydrogens is 174 g/mol. The number of aliphatic hydroxyl groups is 1. The second-order valence-corrected chi connectivity index (χ2v) is 4.25. The van der Waals surface area contributed by atoms with Gasteiger partial charge in [-0.2, -0.15) is 0 Å². The first-order valence-corrected chi connectivity index (χ1v) is 5.37. The monoisotopic (exact) mass is 192 g/mol. The van der Waals surface area contributed by atoms with E-state index in [0.29, 0.717) is 0 Å². The van der Waals surface area contributed by atoms with Gasteiger partial charge >= 0.3 is 0 Å². The van der Waals surface area contributed by atoms with Crippen LogP contribution in [0.25, 0.3) is 0 Å². The minimum absolute atomic E-state index is 0.448. The van der Waals surface area contributed by atoms with Crippen molar-refractivity contribution in [2.45, 2.75) is 24.9 Å². The van der Waals surface area contributed by atoms with Gasteiger partial charge in [0.05, 0.1) is 18.7 Å². The lowest BCUT2D eigenvalue weighted by molar-refractivity contribution is -0.668. The molecule has 2 rings (SSSR count). The van der Waals surface area contributed by atoms with E-state index < -0.39 is 5.60 Å². The summed E-state index contributed by atoms with van der Waals surface area (Å²) >= 11 is 0. The normalized spacial score (nSPS) is 20.6. The van der Waals surface area contributed by atoms with Crippen LogP contribution < -0.4 is 5.32 Å².